The first-order valence-corrected chi connectivity index (χ1v) is 22.2. The molecule has 4 N–H and O–H groups in total. The molecule has 2 aromatic carbocycles. The highest BCUT2D eigenvalue weighted by Crippen LogP contribution is 2.54. The monoisotopic (exact) mass is 869 g/mol. The molecule has 0 bridgehead atoms. The van der Waals surface area contributed by atoms with E-state index in [9.17, 15) is 37.5 Å². The normalized spacial score (nSPS) is 23.0. The zero-order valence-corrected chi connectivity index (χ0v) is 35.6. The van der Waals surface area contributed by atoms with E-state index >= 15 is 0 Å². The van der Waals surface area contributed by atoms with E-state index in [1.54, 1.807) is 37.3 Å². The van der Waals surface area contributed by atoms with E-state index in [0.717, 1.165) is 85.8 Å². The summed E-state index contributed by atoms with van der Waals surface area (Å²) in [5, 5.41) is 20.6. The van der Waals surface area contributed by atoms with Crippen LogP contribution in [0.2, 0.25) is 0 Å². The smallest absolute Gasteiger partial charge is 0.386 e. The van der Waals surface area contributed by atoms with Crippen LogP contribution in [0.4, 0.5) is 24.5 Å². The topological polar surface area (TPSA) is 157 Å². The van der Waals surface area contributed by atoms with Crippen LogP contribution in [0.5, 0.6) is 0 Å². The number of carbonyl (C=O) groups excluding carboxylic acids is 4. The minimum atomic E-state index is -4.69. The number of rotatable bonds is 11. The third-order valence-electron chi connectivity index (χ3n) is 13.5. The van der Waals surface area contributed by atoms with Gasteiger partial charge in [-0.2, -0.15) is 13.2 Å². The Morgan fingerprint density at radius 3 is 2.44 bits per heavy atom. The van der Waals surface area contributed by atoms with Crippen LogP contribution in [0, 0.1) is 17.3 Å². The van der Waals surface area contributed by atoms with Crippen LogP contribution in [0.25, 0.3) is 15.9 Å². The number of carbonyl (C=O) groups is 4. The molecule has 2 saturated carbocycles. The Morgan fingerprint density at radius 1 is 0.984 bits per heavy atom. The number of aliphatic hydroxyl groups is 1. The first-order chi connectivity index (χ1) is 29.4. The second-order valence-corrected chi connectivity index (χ2v) is 19.6. The van der Waals surface area contributed by atoms with E-state index in [4.69, 9.17) is 4.98 Å². The quantitative estimate of drug-likeness (QED) is 0.110. The molecule has 62 heavy (non-hydrogen) atoms. The third-order valence-corrected chi connectivity index (χ3v) is 14.7. The molecule has 3 aliphatic heterocycles. The van der Waals surface area contributed by atoms with Crippen LogP contribution >= 0.6 is 11.3 Å². The van der Waals surface area contributed by atoms with Gasteiger partial charge in [-0.3, -0.25) is 29.4 Å². The zero-order chi connectivity index (χ0) is 43.7. The van der Waals surface area contributed by atoms with Crippen molar-refractivity contribution in [1.29, 1.82) is 0 Å². The Kier molecular flexibility index (Phi) is 10.8. The number of nitrogens with zero attached hydrogens (tertiary/aromatic N) is 4. The van der Waals surface area contributed by atoms with Gasteiger partial charge in [-0.05, 0) is 113 Å². The summed E-state index contributed by atoms with van der Waals surface area (Å²) in [6, 6.07) is 11.6. The number of piperidine rings is 1. The number of fused-ring (bicyclic) bond motifs is 2. The average Bonchev–Trinajstić information content (AvgIpc) is 3.73. The van der Waals surface area contributed by atoms with Crippen molar-refractivity contribution in [3.63, 3.8) is 0 Å². The number of imide groups is 1. The molecule has 326 valence electrons. The van der Waals surface area contributed by atoms with Crippen molar-refractivity contribution in [1.82, 2.24) is 25.1 Å². The van der Waals surface area contributed by atoms with Gasteiger partial charge >= 0.3 is 6.18 Å². The molecule has 5 aliphatic rings. The standard InChI is InChI=1S/C46H50F3N7O5S/c1-25-29-6-4-7-31(39(29)43(60)56(25)35-14-15-38(57)54-41(35)59)50-17-16-27-20-45(21-27)23-55(24-45)22-26-10-12-28(13-11-26)42-53-34-18-30(44(2,3)61)33(19-36(34)62-42)52-40(58)32-8-5-9-37(51-32)46(47,48)49/h4-9,18-19,26-28,35,50,61H,1,10-17,20-24H2,2-3H3,(H,52,58)(H,54,57,59)/t26?,28?,35-/m0/s1. The highest BCUT2D eigenvalue weighted by atomic mass is 32.1. The molecule has 4 aromatic rings. The first kappa shape index (κ1) is 42.1. The Morgan fingerprint density at radius 2 is 1.73 bits per heavy atom. The molecule has 2 aromatic heterocycles. The minimum absolute atomic E-state index is 0.187. The second kappa shape index (κ2) is 15.9. The van der Waals surface area contributed by atoms with Gasteiger partial charge in [0.25, 0.3) is 11.8 Å². The lowest BCUT2D eigenvalue weighted by atomic mass is 9.57. The van der Waals surface area contributed by atoms with E-state index in [2.05, 4.69) is 32.4 Å². The molecule has 9 rings (SSSR count). The van der Waals surface area contributed by atoms with E-state index in [-0.39, 0.29) is 30.3 Å². The molecule has 1 spiro atoms. The van der Waals surface area contributed by atoms with Gasteiger partial charge in [0.2, 0.25) is 11.8 Å². The Balaban J connectivity index is 0.735. The van der Waals surface area contributed by atoms with E-state index in [1.807, 2.05) is 18.2 Å². The summed E-state index contributed by atoms with van der Waals surface area (Å²) in [6.45, 7) is 11.4. The molecule has 0 radical (unpaired) electrons. The molecule has 5 heterocycles. The van der Waals surface area contributed by atoms with E-state index < -0.39 is 35.3 Å². The van der Waals surface area contributed by atoms with Gasteiger partial charge < -0.3 is 20.6 Å². The molecule has 1 atom stereocenters. The van der Waals surface area contributed by atoms with Gasteiger partial charge in [0.15, 0.2) is 0 Å². The summed E-state index contributed by atoms with van der Waals surface area (Å²) >= 11 is 1.56. The molecule has 16 heteroatoms. The van der Waals surface area contributed by atoms with Gasteiger partial charge in [0.1, 0.15) is 17.4 Å². The minimum Gasteiger partial charge on any atom is -0.386 e. The van der Waals surface area contributed by atoms with Crippen LogP contribution in [-0.4, -0.2) is 80.7 Å². The number of amides is 4. The summed E-state index contributed by atoms with van der Waals surface area (Å²) in [6.07, 6.45) is 3.50. The van der Waals surface area contributed by atoms with Crippen molar-refractivity contribution in [2.24, 2.45) is 17.3 Å². The largest absolute Gasteiger partial charge is 0.433 e. The lowest BCUT2D eigenvalue weighted by Gasteiger charge is -2.60. The maximum Gasteiger partial charge on any atom is 0.433 e. The Hall–Kier alpha value is -5.19. The van der Waals surface area contributed by atoms with Crippen LogP contribution in [0.3, 0.4) is 0 Å². The predicted molar refractivity (Wildman–Crippen MR) is 229 cm³/mol. The molecule has 12 nitrogen and oxygen atoms in total. The number of benzene rings is 2. The lowest BCUT2D eigenvalue weighted by Crippen LogP contribution is -2.63. The zero-order valence-electron chi connectivity index (χ0n) is 34.7. The number of nitrogens with one attached hydrogen (secondary N) is 3. The molecule has 4 amide bonds. The van der Waals surface area contributed by atoms with Crippen molar-refractivity contribution in [2.75, 3.05) is 36.8 Å². The highest BCUT2D eigenvalue weighted by molar-refractivity contribution is 7.18. The number of halogens is 3. The molecule has 2 saturated heterocycles. The highest BCUT2D eigenvalue weighted by Gasteiger charge is 2.52. The van der Waals surface area contributed by atoms with Gasteiger partial charge in [0, 0.05) is 66.7 Å². The van der Waals surface area contributed by atoms with Crippen LogP contribution < -0.4 is 16.0 Å². The predicted octanol–water partition coefficient (Wildman–Crippen LogP) is 7.91. The number of hydrogen-bond donors (Lipinski definition) is 4. The van der Waals surface area contributed by atoms with Crippen molar-refractivity contribution < 1.29 is 37.5 Å². The molecular weight excluding hydrogens is 820 g/mol. The van der Waals surface area contributed by atoms with Crippen molar-refractivity contribution >= 4 is 62.3 Å². The van der Waals surface area contributed by atoms with Gasteiger partial charge in [-0.25, -0.2) is 9.97 Å². The lowest BCUT2D eigenvalue weighted by molar-refractivity contribution is -0.141. The number of hydrogen-bond acceptors (Lipinski definition) is 10. The summed E-state index contributed by atoms with van der Waals surface area (Å²) in [4.78, 5) is 63.5. The fraction of sp³-hybridized carbons (Fsp3) is 0.478. The SMILES string of the molecule is C=C1c2cccc(NCCC3CC4(C3)CN(CC3CCC(c5nc6cc(C(C)(C)O)c(NC(=O)c7cccc(C(F)(F)F)n7)cc6s5)CC3)C4)c2C(=O)N1[C@H]1CCC(=O)NC1=O. The van der Waals surface area contributed by atoms with Gasteiger partial charge in [-0.15, -0.1) is 11.3 Å². The maximum atomic E-state index is 13.6. The number of likely N-dealkylation sites (tertiary alicyclic amines) is 1. The fourth-order valence-electron chi connectivity index (χ4n) is 10.5. The number of alkyl halides is 3. The van der Waals surface area contributed by atoms with Crippen molar-refractivity contribution in [3.8, 4) is 0 Å². The number of thiazole rings is 1. The molecular formula is C46H50F3N7O5S. The Labute approximate surface area is 361 Å². The van der Waals surface area contributed by atoms with Crippen molar-refractivity contribution in [2.45, 2.75) is 95.4 Å². The van der Waals surface area contributed by atoms with Crippen molar-refractivity contribution in [3.05, 3.63) is 88.2 Å². The van der Waals surface area contributed by atoms with Gasteiger partial charge in [0.05, 0.1) is 26.4 Å². The summed E-state index contributed by atoms with van der Waals surface area (Å²) < 4.78 is 40.6. The number of aromatic nitrogens is 2. The molecule has 0 unspecified atom stereocenters. The van der Waals surface area contributed by atoms with Crippen LogP contribution in [-0.2, 0) is 21.4 Å². The second-order valence-electron chi connectivity index (χ2n) is 18.5. The summed E-state index contributed by atoms with van der Waals surface area (Å²) in [7, 11) is 0. The van der Waals surface area contributed by atoms with E-state index in [1.165, 1.54) is 23.8 Å². The fourth-order valence-corrected chi connectivity index (χ4v) is 11.7. The number of anilines is 2. The Bertz CT molecular complexity index is 2480. The van der Waals surface area contributed by atoms with Gasteiger partial charge in [-0.1, -0.05) is 24.8 Å². The maximum absolute atomic E-state index is 13.6. The summed E-state index contributed by atoms with van der Waals surface area (Å²) in [5.41, 5.74) is 1.44. The third kappa shape index (κ3) is 8.12. The van der Waals surface area contributed by atoms with E-state index in [0.29, 0.717) is 56.8 Å². The molecule has 4 fully saturated rings. The van der Waals surface area contributed by atoms with Crippen LogP contribution in [0.15, 0.2) is 55.1 Å². The van der Waals surface area contributed by atoms with Crippen LogP contribution in [0.1, 0.15) is 120 Å². The average molecular weight is 870 g/mol. The first-order valence-electron chi connectivity index (χ1n) is 21.4. The number of pyridine rings is 1. The molecule has 2 aliphatic carbocycles. The summed E-state index contributed by atoms with van der Waals surface area (Å²) in [5.74, 6) is -0.275.